The average molecular weight is 482 g/mol. The standard InChI is InChI=1S/C28H23N3O5/c1-15-11-16(2)13-20(12-15)30-25(23-17(3)29-22-10-5-4-9-21(22)23)24(27(33)28(30)34)26(32)18-7-6-8-19(14-18)31(35)36/h4-14,25,29,32H,1-3H3/b26-24+. The number of carbonyl (C=O) groups excluding carboxylic acids is 2. The van der Waals surface area contributed by atoms with Gasteiger partial charge in [-0.15, -0.1) is 0 Å². The molecule has 2 N–H and O–H groups in total. The second kappa shape index (κ2) is 8.49. The van der Waals surface area contributed by atoms with Crippen LogP contribution in [0.1, 0.15) is 34.0 Å². The number of H-pyrrole nitrogens is 1. The fraction of sp³-hybridized carbons (Fsp3) is 0.143. The third-order valence-corrected chi connectivity index (χ3v) is 6.48. The van der Waals surface area contributed by atoms with Gasteiger partial charge in [-0.2, -0.15) is 0 Å². The highest BCUT2D eigenvalue weighted by Gasteiger charge is 2.48. The van der Waals surface area contributed by atoms with E-state index in [9.17, 15) is 24.8 Å². The quantitative estimate of drug-likeness (QED) is 0.129. The maximum Gasteiger partial charge on any atom is 0.300 e. The van der Waals surface area contributed by atoms with Crippen LogP contribution in [0.25, 0.3) is 16.7 Å². The molecular formula is C28H23N3O5. The fourth-order valence-corrected chi connectivity index (χ4v) is 5.03. The number of aliphatic hydroxyl groups excluding tert-OH is 1. The molecule has 8 nitrogen and oxygen atoms in total. The van der Waals surface area contributed by atoms with Crippen molar-refractivity contribution in [2.75, 3.05) is 4.90 Å². The van der Waals surface area contributed by atoms with Gasteiger partial charge >= 0.3 is 0 Å². The molecule has 8 heteroatoms. The molecule has 4 aromatic rings. The van der Waals surface area contributed by atoms with Crippen molar-refractivity contribution < 1.29 is 19.6 Å². The molecule has 1 fully saturated rings. The summed E-state index contributed by atoms with van der Waals surface area (Å²) in [4.78, 5) is 42.5. The molecule has 1 saturated heterocycles. The highest BCUT2D eigenvalue weighted by molar-refractivity contribution is 6.52. The highest BCUT2D eigenvalue weighted by atomic mass is 16.6. The number of Topliss-reactive ketones (excluding diaryl/α,β-unsaturated/α-hetero) is 1. The summed E-state index contributed by atoms with van der Waals surface area (Å²) in [6.07, 6.45) is 0. The van der Waals surface area contributed by atoms with E-state index < -0.39 is 28.4 Å². The largest absolute Gasteiger partial charge is 0.507 e. The topological polar surface area (TPSA) is 117 Å². The van der Waals surface area contributed by atoms with Crippen LogP contribution in [0.15, 0.2) is 72.3 Å². The van der Waals surface area contributed by atoms with Gasteiger partial charge in [-0.1, -0.05) is 36.4 Å². The van der Waals surface area contributed by atoms with Crippen LogP contribution in [-0.4, -0.2) is 26.7 Å². The second-order valence-corrected chi connectivity index (χ2v) is 9.03. The molecule has 0 aliphatic carbocycles. The fourth-order valence-electron chi connectivity index (χ4n) is 5.03. The van der Waals surface area contributed by atoms with Crippen LogP contribution in [0.3, 0.4) is 0 Å². The first-order valence-electron chi connectivity index (χ1n) is 11.4. The molecule has 1 aliphatic heterocycles. The Morgan fingerprint density at radius 2 is 1.67 bits per heavy atom. The number of fused-ring (bicyclic) bond motifs is 1. The van der Waals surface area contributed by atoms with Crippen LogP contribution < -0.4 is 4.90 Å². The first-order chi connectivity index (χ1) is 17.2. The molecule has 36 heavy (non-hydrogen) atoms. The number of aromatic amines is 1. The summed E-state index contributed by atoms with van der Waals surface area (Å²) in [6.45, 7) is 5.66. The van der Waals surface area contributed by atoms with Crippen LogP contribution in [0, 0.1) is 30.9 Å². The molecule has 180 valence electrons. The lowest BCUT2D eigenvalue weighted by Gasteiger charge is -2.26. The normalized spacial score (nSPS) is 17.2. The van der Waals surface area contributed by atoms with E-state index in [2.05, 4.69) is 4.98 Å². The number of nitrogens with one attached hydrogen (secondary N) is 1. The lowest BCUT2D eigenvalue weighted by molar-refractivity contribution is -0.384. The first kappa shape index (κ1) is 23.0. The van der Waals surface area contributed by atoms with Gasteiger partial charge in [0.15, 0.2) is 0 Å². The van der Waals surface area contributed by atoms with Gasteiger partial charge in [0.1, 0.15) is 5.76 Å². The van der Waals surface area contributed by atoms with Crippen molar-refractivity contribution in [2.24, 2.45) is 0 Å². The zero-order valence-electron chi connectivity index (χ0n) is 19.9. The minimum atomic E-state index is -0.943. The summed E-state index contributed by atoms with van der Waals surface area (Å²) < 4.78 is 0. The van der Waals surface area contributed by atoms with Crippen molar-refractivity contribution in [3.63, 3.8) is 0 Å². The number of benzene rings is 3. The maximum atomic E-state index is 13.5. The van der Waals surface area contributed by atoms with Crippen molar-refractivity contribution in [1.82, 2.24) is 4.98 Å². The highest BCUT2D eigenvalue weighted by Crippen LogP contribution is 2.45. The number of amides is 1. The number of hydrogen-bond donors (Lipinski definition) is 2. The summed E-state index contributed by atoms with van der Waals surface area (Å²) in [5.41, 5.74) is 4.34. The van der Waals surface area contributed by atoms with Gasteiger partial charge in [0, 0.05) is 45.5 Å². The number of anilines is 1. The van der Waals surface area contributed by atoms with Crippen molar-refractivity contribution in [3.8, 4) is 0 Å². The van der Waals surface area contributed by atoms with Crippen molar-refractivity contribution in [2.45, 2.75) is 26.8 Å². The number of aryl methyl sites for hydroxylation is 3. The first-order valence-corrected chi connectivity index (χ1v) is 11.4. The van der Waals surface area contributed by atoms with Crippen LogP contribution in [-0.2, 0) is 9.59 Å². The number of para-hydroxylation sites is 1. The molecular weight excluding hydrogens is 458 g/mol. The van der Waals surface area contributed by atoms with Crippen molar-refractivity contribution in [1.29, 1.82) is 0 Å². The molecule has 1 amide bonds. The summed E-state index contributed by atoms with van der Waals surface area (Å²) in [7, 11) is 0. The van der Waals surface area contributed by atoms with Gasteiger partial charge in [-0.05, 0) is 50.1 Å². The summed E-state index contributed by atoms with van der Waals surface area (Å²) in [6, 6.07) is 17.6. The van der Waals surface area contributed by atoms with E-state index in [1.165, 1.54) is 29.2 Å². The van der Waals surface area contributed by atoms with E-state index in [4.69, 9.17) is 0 Å². The van der Waals surface area contributed by atoms with Crippen LogP contribution >= 0.6 is 0 Å². The van der Waals surface area contributed by atoms with Crippen molar-refractivity contribution in [3.05, 3.63) is 110 Å². The van der Waals surface area contributed by atoms with Crippen LogP contribution in [0.4, 0.5) is 11.4 Å². The van der Waals surface area contributed by atoms with Gasteiger partial charge in [0.25, 0.3) is 17.4 Å². The number of nitro groups is 1. The Hall–Kier alpha value is -4.72. The zero-order valence-corrected chi connectivity index (χ0v) is 19.9. The number of non-ortho nitro benzene ring substituents is 1. The predicted molar refractivity (Wildman–Crippen MR) is 137 cm³/mol. The molecule has 1 aliphatic rings. The Morgan fingerprint density at radius 3 is 2.36 bits per heavy atom. The van der Waals surface area contributed by atoms with Crippen LogP contribution in [0.2, 0.25) is 0 Å². The molecule has 0 radical (unpaired) electrons. The van der Waals surface area contributed by atoms with E-state index in [1.807, 2.05) is 63.2 Å². The molecule has 2 heterocycles. The van der Waals surface area contributed by atoms with Crippen LogP contribution in [0.5, 0.6) is 0 Å². The minimum absolute atomic E-state index is 0.0881. The van der Waals surface area contributed by atoms with Crippen molar-refractivity contribution >= 4 is 39.7 Å². The Morgan fingerprint density at radius 1 is 0.972 bits per heavy atom. The van der Waals surface area contributed by atoms with E-state index in [1.54, 1.807) is 0 Å². The van der Waals surface area contributed by atoms with Gasteiger partial charge in [-0.25, -0.2) is 0 Å². The smallest absolute Gasteiger partial charge is 0.300 e. The Labute approximate surface area is 206 Å². The molecule has 1 unspecified atom stereocenters. The maximum absolute atomic E-state index is 13.5. The number of aliphatic hydroxyl groups is 1. The Balaban J connectivity index is 1.83. The molecule has 1 atom stereocenters. The number of nitro benzene ring substituents is 1. The van der Waals surface area contributed by atoms with Gasteiger partial charge in [0.05, 0.1) is 16.5 Å². The molecule has 3 aromatic carbocycles. The van der Waals surface area contributed by atoms with Gasteiger partial charge in [0.2, 0.25) is 0 Å². The molecule has 1 aromatic heterocycles. The predicted octanol–water partition coefficient (Wildman–Crippen LogP) is 5.63. The lowest BCUT2D eigenvalue weighted by atomic mass is 9.93. The van der Waals surface area contributed by atoms with E-state index in [0.717, 1.165) is 27.7 Å². The summed E-state index contributed by atoms with van der Waals surface area (Å²) >= 11 is 0. The Kier molecular flexibility index (Phi) is 5.44. The molecule has 0 spiro atoms. The van der Waals surface area contributed by atoms with Gasteiger partial charge < -0.3 is 10.1 Å². The van der Waals surface area contributed by atoms with E-state index in [-0.39, 0.29) is 16.8 Å². The van der Waals surface area contributed by atoms with E-state index >= 15 is 0 Å². The number of nitrogens with zero attached hydrogens (tertiary/aromatic N) is 2. The summed E-state index contributed by atoms with van der Waals surface area (Å²) in [5, 5.41) is 23.5. The third-order valence-electron chi connectivity index (χ3n) is 6.48. The number of hydrogen-bond acceptors (Lipinski definition) is 5. The minimum Gasteiger partial charge on any atom is -0.507 e. The number of aromatic nitrogens is 1. The summed E-state index contributed by atoms with van der Waals surface area (Å²) in [5.74, 6) is -2.09. The molecule has 0 saturated carbocycles. The SMILES string of the molecule is Cc1cc(C)cc(N2C(=O)C(=O)/C(=C(/O)c3cccc([N+](=O)[O-])c3)C2c2c(C)[nH]c3ccccc23)c1. The second-order valence-electron chi connectivity index (χ2n) is 9.03. The number of rotatable bonds is 4. The number of carbonyl (C=O) groups is 2. The third kappa shape index (κ3) is 3.63. The number of ketones is 1. The average Bonchev–Trinajstić information content (AvgIpc) is 3.30. The molecule has 0 bridgehead atoms. The van der Waals surface area contributed by atoms with E-state index in [0.29, 0.717) is 11.3 Å². The zero-order chi connectivity index (χ0) is 25.7. The lowest BCUT2D eigenvalue weighted by Crippen LogP contribution is -2.29. The monoisotopic (exact) mass is 481 g/mol. The molecule has 5 rings (SSSR count). The van der Waals surface area contributed by atoms with Gasteiger partial charge in [-0.3, -0.25) is 24.6 Å². The Bertz CT molecular complexity index is 1590.